The van der Waals surface area contributed by atoms with Crippen LogP contribution in [0.15, 0.2) is 54.6 Å². The minimum Gasteiger partial charge on any atom is -0.392 e. The molecule has 1 atom stereocenters. The highest BCUT2D eigenvalue weighted by atomic mass is 32.2. The van der Waals surface area contributed by atoms with E-state index in [0.717, 1.165) is 23.3 Å². The lowest BCUT2D eigenvalue weighted by Gasteiger charge is -2.12. The van der Waals surface area contributed by atoms with Gasteiger partial charge in [0.15, 0.2) is 0 Å². The highest BCUT2D eigenvalue weighted by Crippen LogP contribution is 2.17. The first kappa shape index (κ1) is 17.6. The fraction of sp³-hybridized carbons (Fsp3) is 0.316. The van der Waals surface area contributed by atoms with E-state index in [4.69, 9.17) is 5.11 Å². The summed E-state index contributed by atoms with van der Waals surface area (Å²) >= 11 is 1.65. The van der Waals surface area contributed by atoms with Gasteiger partial charge in [0, 0.05) is 12.3 Å². The molecule has 2 rings (SSSR count). The van der Waals surface area contributed by atoms with E-state index in [1.807, 2.05) is 49.4 Å². The number of rotatable bonds is 8. The van der Waals surface area contributed by atoms with E-state index in [2.05, 4.69) is 17.4 Å². The number of hydrogen-bond donors (Lipinski definition) is 2. The zero-order valence-corrected chi connectivity index (χ0v) is 14.2. The lowest BCUT2D eigenvalue weighted by Crippen LogP contribution is -2.32. The molecule has 0 saturated carbocycles. The van der Waals surface area contributed by atoms with Gasteiger partial charge in [-0.25, -0.2) is 0 Å². The average Bonchev–Trinajstić information content (AvgIpc) is 2.61. The van der Waals surface area contributed by atoms with E-state index in [1.165, 1.54) is 5.56 Å². The molecule has 0 fully saturated rings. The van der Waals surface area contributed by atoms with Crippen molar-refractivity contribution in [1.29, 1.82) is 0 Å². The Balaban J connectivity index is 1.69. The summed E-state index contributed by atoms with van der Waals surface area (Å²) in [6.45, 7) is 2.64. The predicted octanol–water partition coefficient (Wildman–Crippen LogP) is 3.16. The molecule has 1 amide bonds. The van der Waals surface area contributed by atoms with Gasteiger partial charge in [0.1, 0.15) is 0 Å². The van der Waals surface area contributed by atoms with E-state index in [1.54, 1.807) is 11.8 Å². The number of carbonyl (C=O) groups excluding carboxylic acids is 1. The number of aliphatic hydroxyl groups is 1. The van der Waals surface area contributed by atoms with Crippen molar-refractivity contribution in [3.8, 4) is 0 Å². The molecule has 3 nitrogen and oxygen atoms in total. The smallest absolute Gasteiger partial charge is 0.232 e. The maximum absolute atomic E-state index is 12.1. The van der Waals surface area contributed by atoms with Crippen molar-refractivity contribution in [2.45, 2.75) is 31.0 Å². The molecule has 4 heteroatoms. The molecule has 23 heavy (non-hydrogen) atoms. The molecule has 0 saturated heterocycles. The molecule has 122 valence electrons. The third kappa shape index (κ3) is 6.08. The Morgan fingerprint density at radius 1 is 1.04 bits per heavy atom. The minimum absolute atomic E-state index is 0.0627. The minimum atomic E-state index is -0.0630. The van der Waals surface area contributed by atoms with Crippen molar-refractivity contribution in [3.05, 3.63) is 71.3 Å². The second-order valence-electron chi connectivity index (χ2n) is 5.45. The standard InChI is InChI=1S/C19H23NO2S/c1-15(23-14-18-5-3-2-4-6-18)19(22)20-12-11-16-7-9-17(13-21)10-8-16/h2-10,15,21H,11-14H2,1H3,(H,20,22). The number of nitrogens with one attached hydrogen (secondary N) is 1. The zero-order valence-electron chi connectivity index (χ0n) is 13.4. The molecule has 0 aliphatic carbocycles. The molecule has 0 bridgehead atoms. The number of carbonyl (C=O) groups is 1. The fourth-order valence-electron chi connectivity index (χ4n) is 2.16. The summed E-state index contributed by atoms with van der Waals surface area (Å²) in [5.41, 5.74) is 3.30. The van der Waals surface area contributed by atoms with Crippen molar-refractivity contribution < 1.29 is 9.90 Å². The summed E-state index contributed by atoms with van der Waals surface area (Å²) in [5, 5.41) is 11.9. The van der Waals surface area contributed by atoms with Gasteiger partial charge >= 0.3 is 0 Å². The number of amides is 1. The summed E-state index contributed by atoms with van der Waals surface area (Å²) in [6.07, 6.45) is 0.799. The summed E-state index contributed by atoms with van der Waals surface area (Å²) in [4.78, 5) is 12.1. The van der Waals surface area contributed by atoms with E-state index < -0.39 is 0 Å². The van der Waals surface area contributed by atoms with E-state index >= 15 is 0 Å². The number of benzene rings is 2. The first-order chi connectivity index (χ1) is 11.2. The maximum atomic E-state index is 12.1. The monoisotopic (exact) mass is 329 g/mol. The highest BCUT2D eigenvalue weighted by molar-refractivity contribution is 7.99. The van der Waals surface area contributed by atoms with E-state index in [-0.39, 0.29) is 17.8 Å². The normalized spacial score (nSPS) is 11.9. The Morgan fingerprint density at radius 2 is 1.70 bits per heavy atom. The van der Waals surface area contributed by atoms with Crippen molar-refractivity contribution in [2.75, 3.05) is 6.54 Å². The summed E-state index contributed by atoms with van der Waals surface area (Å²) in [5.74, 6) is 0.927. The maximum Gasteiger partial charge on any atom is 0.232 e. The number of aliphatic hydroxyl groups excluding tert-OH is 1. The first-order valence-corrected chi connectivity index (χ1v) is 8.86. The van der Waals surface area contributed by atoms with Crippen LogP contribution in [-0.2, 0) is 23.6 Å². The number of hydrogen-bond acceptors (Lipinski definition) is 3. The van der Waals surface area contributed by atoms with Crippen LogP contribution in [0.3, 0.4) is 0 Å². The molecule has 0 spiro atoms. The zero-order chi connectivity index (χ0) is 16.5. The molecule has 0 aliphatic heterocycles. The van der Waals surface area contributed by atoms with Gasteiger partial charge < -0.3 is 10.4 Å². The van der Waals surface area contributed by atoms with Gasteiger partial charge in [-0.15, -0.1) is 11.8 Å². The Morgan fingerprint density at radius 3 is 2.35 bits per heavy atom. The molecule has 0 radical (unpaired) electrons. The van der Waals surface area contributed by atoms with Crippen LogP contribution >= 0.6 is 11.8 Å². The lowest BCUT2D eigenvalue weighted by molar-refractivity contribution is -0.120. The fourth-order valence-corrected chi connectivity index (χ4v) is 3.03. The van der Waals surface area contributed by atoms with Gasteiger partial charge in [0.05, 0.1) is 11.9 Å². The van der Waals surface area contributed by atoms with Crippen molar-refractivity contribution in [1.82, 2.24) is 5.32 Å². The quantitative estimate of drug-likeness (QED) is 0.782. The van der Waals surface area contributed by atoms with Gasteiger partial charge in [0.25, 0.3) is 0 Å². The topological polar surface area (TPSA) is 49.3 Å². The third-order valence-corrected chi connectivity index (χ3v) is 4.84. The second kappa shape index (κ2) is 9.38. The van der Waals surface area contributed by atoms with Gasteiger partial charge in [-0.3, -0.25) is 4.79 Å². The summed E-state index contributed by atoms with van der Waals surface area (Å²) in [6, 6.07) is 18.0. The van der Waals surface area contributed by atoms with Gasteiger partial charge in [-0.1, -0.05) is 54.6 Å². The SMILES string of the molecule is CC(SCc1ccccc1)C(=O)NCCc1ccc(CO)cc1. The van der Waals surface area contributed by atoms with E-state index in [9.17, 15) is 4.79 Å². The Bertz CT molecular complexity index is 599. The van der Waals surface area contributed by atoms with Crippen LogP contribution in [-0.4, -0.2) is 22.8 Å². The molecule has 2 N–H and O–H groups in total. The number of thioether (sulfide) groups is 1. The third-order valence-electron chi connectivity index (χ3n) is 3.63. The summed E-state index contributed by atoms with van der Waals surface area (Å²) < 4.78 is 0. The Labute approximate surface area is 142 Å². The molecule has 2 aromatic rings. The van der Waals surface area contributed by atoms with Crippen LogP contribution < -0.4 is 5.32 Å². The van der Waals surface area contributed by atoms with Crippen LogP contribution in [0.5, 0.6) is 0 Å². The second-order valence-corrected chi connectivity index (χ2v) is 6.78. The van der Waals surface area contributed by atoms with Crippen LogP contribution in [0.2, 0.25) is 0 Å². The predicted molar refractivity (Wildman–Crippen MR) is 96.3 cm³/mol. The largest absolute Gasteiger partial charge is 0.392 e. The van der Waals surface area contributed by atoms with Crippen molar-refractivity contribution >= 4 is 17.7 Å². The van der Waals surface area contributed by atoms with Crippen LogP contribution in [0, 0.1) is 0 Å². The van der Waals surface area contributed by atoms with Crippen molar-refractivity contribution in [2.24, 2.45) is 0 Å². The lowest BCUT2D eigenvalue weighted by atomic mass is 10.1. The molecule has 2 aromatic carbocycles. The molecule has 0 aromatic heterocycles. The van der Waals surface area contributed by atoms with Crippen LogP contribution in [0.1, 0.15) is 23.6 Å². The molecule has 0 heterocycles. The summed E-state index contributed by atoms with van der Waals surface area (Å²) in [7, 11) is 0. The Kier molecular flexibility index (Phi) is 7.17. The first-order valence-electron chi connectivity index (χ1n) is 7.81. The molecule has 1 unspecified atom stereocenters. The van der Waals surface area contributed by atoms with Gasteiger partial charge in [0.2, 0.25) is 5.91 Å². The van der Waals surface area contributed by atoms with Gasteiger partial charge in [-0.05, 0) is 30.0 Å². The molecule has 0 aliphatic rings. The van der Waals surface area contributed by atoms with Crippen LogP contribution in [0.25, 0.3) is 0 Å². The molecular formula is C19H23NO2S. The highest BCUT2D eigenvalue weighted by Gasteiger charge is 2.12. The van der Waals surface area contributed by atoms with Crippen molar-refractivity contribution in [3.63, 3.8) is 0 Å². The van der Waals surface area contributed by atoms with Crippen LogP contribution in [0.4, 0.5) is 0 Å². The molecular weight excluding hydrogens is 306 g/mol. The van der Waals surface area contributed by atoms with E-state index in [0.29, 0.717) is 6.54 Å². The van der Waals surface area contributed by atoms with Gasteiger partial charge in [-0.2, -0.15) is 0 Å². The Hall–Kier alpha value is -1.78. The average molecular weight is 329 g/mol.